The SMILES string of the molecule is COCCCCNCC(O)CC1CCCC1. The number of aliphatic hydroxyl groups is 1. The van der Waals surface area contributed by atoms with E-state index >= 15 is 0 Å². The summed E-state index contributed by atoms with van der Waals surface area (Å²) in [4.78, 5) is 0. The van der Waals surface area contributed by atoms with Gasteiger partial charge in [0.1, 0.15) is 0 Å². The summed E-state index contributed by atoms with van der Waals surface area (Å²) in [5.74, 6) is 0.783. The lowest BCUT2D eigenvalue weighted by molar-refractivity contribution is 0.140. The van der Waals surface area contributed by atoms with Crippen LogP contribution in [-0.4, -0.2) is 38.0 Å². The molecule has 0 amide bonds. The van der Waals surface area contributed by atoms with E-state index in [0.29, 0.717) is 0 Å². The van der Waals surface area contributed by atoms with Gasteiger partial charge >= 0.3 is 0 Å². The molecule has 0 spiro atoms. The molecular formula is C13H27NO2. The third-order valence-corrected chi connectivity index (χ3v) is 3.41. The predicted molar refractivity (Wildman–Crippen MR) is 66.6 cm³/mol. The molecule has 0 aliphatic heterocycles. The minimum atomic E-state index is -0.148. The van der Waals surface area contributed by atoms with Gasteiger partial charge in [0.2, 0.25) is 0 Å². The molecule has 3 nitrogen and oxygen atoms in total. The summed E-state index contributed by atoms with van der Waals surface area (Å²) in [6, 6.07) is 0. The van der Waals surface area contributed by atoms with Crippen molar-refractivity contribution in [3.63, 3.8) is 0 Å². The maximum Gasteiger partial charge on any atom is 0.0667 e. The lowest BCUT2D eigenvalue weighted by Gasteiger charge is -2.15. The second kappa shape index (κ2) is 8.97. The minimum absolute atomic E-state index is 0.148. The topological polar surface area (TPSA) is 41.5 Å². The maximum atomic E-state index is 9.83. The zero-order chi connectivity index (χ0) is 11.6. The summed E-state index contributed by atoms with van der Waals surface area (Å²) in [7, 11) is 1.73. The molecule has 0 radical (unpaired) electrons. The zero-order valence-electron chi connectivity index (χ0n) is 10.6. The molecule has 0 aromatic rings. The Bertz CT molecular complexity index is 158. The fourth-order valence-corrected chi connectivity index (χ4v) is 2.48. The van der Waals surface area contributed by atoms with Gasteiger partial charge in [-0.2, -0.15) is 0 Å². The first-order valence-electron chi connectivity index (χ1n) is 6.70. The number of hydrogen-bond acceptors (Lipinski definition) is 3. The standard InChI is InChI=1S/C13H27NO2/c1-16-9-5-4-8-14-11-13(15)10-12-6-2-3-7-12/h12-15H,2-11H2,1H3. The van der Waals surface area contributed by atoms with Crippen LogP contribution in [0.1, 0.15) is 44.9 Å². The van der Waals surface area contributed by atoms with E-state index in [9.17, 15) is 5.11 Å². The molecule has 96 valence electrons. The van der Waals surface area contributed by atoms with Crippen molar-refractivity contribution >= 4 is 0 Å². The van der Waals surface area contributed by atoms with Gasteiger partial charge in [-0.1, -0.05) is 25.7 Å². The average Bonchev–Trinajstić information content (AvgIpc) is 2.76. The lowest BCUT2D eigenvalue weighted by Crippen LogP contribution is -2.29. The molecule has 1 fully saturated rings. The number of unbranched alkanes of at least 4 members (excludes halogenated alkanes) is 1. The van der Waals surface area contributed by atoms with Crippen molar-refractivity contribution in [3.05, 3.63) is 0 Å². The second-order valence-electron chi connectivity index (χ2n) is 4.94. The van der Waals surface area contributed by atoms with Crippen molar-refractivity contribution in [3.8, 4) is 0 Å². The monoisotopic (exact) mass is 229 g/mol. The van der Waals surface area contributed by atoms with E-state index < -0.39 is 0 Å². The molecule has 0 aromatic heterocycles. The Kier molecular flexibility index (Phi) is 7.81. The number of hydrogen-bond donors (Lipinski definition) is 2. The van der Waals surface area contributed by atoms with Crippen molar-refractivity contribution in [1.82, 2.24) is 5.32 Å². The summed E-state index contributed by atoms with van der Waals surface area (Å²) in [6.45, 7) is 2.58. The van der Waals surface area contributed by atoms with Crippen LogP contribution >= 0.6 is 0 Å². The molecule has 0 bridgehead atoms. The number of nitrogens with one attached hydrogen (secondary N) is 1. The molecule has 1 aliphatic rings. The third kappa shape index (κ3) is 6.46. The van der Waals surface area contributed by atoms with Crippen molar-refractivity contribution in [2.24, 2.45) is 5.92 Å². The van der Waals surface area contributed by atoms with Crippen molar-refractivity contribution in [2.45, 2.75) is 51.0 Å². The van der Waals surface area contributed by atoms with E-state index in [-0.39, 0.29) is 6.10 Å². The molecule has 1 saturated carbocycles. The van der Waals surface area contributed by atoms with Gasteiger partial charge in [0, 0.05) is 20.3 Å². The van der Waals surface area contributed by atoms with Gasteiger partial charge in [0.05, 0.1) is 6.10 Å². The van der Waals surface area contributed by atoms with Gasteiger partial charge < -0.3 is 15.2 Å². The quantitative estimate of drug-likeness (QED) is 0.594. The van der Waals surface area contributed by atoms with Crippen LogP contribution in [0.3, 0.4) is 0 Å². The highest BCUT2D eigenvalue weighted by Gasteiger charge is 2.18. The first-order valence-corrected chi connectivity index (χ1v) is 6.70. The number of ether oxygens (including phenoxy) is 1. The van der Waals surface area contributed by atoms with Gasteiger partial charge in [-0.3, -0.25) is 0 Å². The van der Waals surface area contributed by atoms with Gasteiger partial charge in [-0.25, -0.2) is 0 Å². The largest absolute Gasteiger partial charge is 0.392 e. The Balaban J connectivity index is 1.87. The average molecular weight is 229 g/mol. The Morgan fingerprint density at radius 1 is 1.31 bits per heavy atom. The molecule has 2 N–H and O–H groups in total. The van der Waals surface area contributed by atoms with E-state index in [1.54, 1.807) is 7.11 Å². The van der Waals surface area contributed by atoms with Gasteiger partial charge in [-0.05, 0) is 31.7 Å². The minimum Gasteiger partial charge on any atom is -0.392 e. The van der Waals surface area contributed by atoms with E-state index in [1.165, 1.54) is 25.7 Å². The summed E-state index contributed by atoms with van der Waals surface area (Å²) >= 11 is 0. The number of rotatable bonds is 9. The highest BCUT2D eigenvalue weighted by Crippen LogP contribution is 2.28. The molecule has 1 rings (SSSR count). The van der Waals surface area contributed by atoms with E-state index in [1.807, 2.05) is 0 Å². The Morgan fingerprint density at radius 2 is 2.06 bits per heavy atom. The molecular weight excluding hydrogens is 202 g/mol. The second-order valence-corrected chi connectivity index (χ2v) is 4.94. The first kappa shape index (κ1) is 13.9. The number of methoxy groups -OCH3 is 1. The summed E-state index contributed by atoms with van der Waals surface area (Å²) in [6.07, 6.45) is 8.45. The predicted octanol–water partition coefficient (Wildman–Crippen LogP) is 1.94. The van der Waals surface area contributed by atoms with E-state index in [4.69, 9.17) is 4.74 Å². The van der Waals surface area contributed by atoms with Crippen LogP contribution in [0.25, 0.3) is 0 Å². The zero-order valence-corrected chi connectivity index (χ0v) is 10.6. The first-order chi connectivity index (χ1) is 7.83. The van der Waals surface area contributed by atoms with E-state index in [2.05, 4.69) is 5.32 Å². The summed E-state index contributed by atoms with van der Waals surface area (Å²) in [5, 5.41) is 13.1. The molecule has 3 heteroatoms. The molecule has 0 saturated heterocycles. The molecule has 16 heavy (non-hydrogen) atoms. The molecule has 1 atom stereocenters. The van der Waals surface area contributed by atoms with Crippen LogP contribution < -0.4 is 5.32 Å². The van der Waals surface area contributed by atoms with E-state index in [0.717, 1.165) is 44.9 Å². The lowest BCUT2D eigenvalue weighted by atomic mass is 10.00. The van der Waals surface area contributed by atoms with Crippen molar-refractivity contribution < 1.29 is 9.84 Å². The maximum absolute atomic E-state index is 9.83. The molecule has 1 aliphatic carbocycles. The third-order valence-electron chi connectivity index (χ3n) is 3.41. The van der Waals surface area contributed by atoms with Crippen molar-refractivity contribution in [1.29, 1.82) is 0 Å². The Morgan fingerprint density at radius 3 is 2.75 bits per heavy atom. The van der Waals surface area contributed by atoms with Crippen LogP contribution in [0.15, 0.2) is 0 Å². The van der Waals surface area contributed by atoms with Gasteiger partial charge in [0.15, 0.2) is 0 Å². The smallest absolute Gasteiger partial charge is 0.0667 e. The highest BCUT2D eigenvalue weighted by molar-refractivity contribution is 4.72. The van der Waals surface area contributed by atoms with Crippen molar-refractivity contribution in [2.75, 3.05) is 26.8 Å². The van der Waals surface area contributed by atoms with Crippen LogP contribution in [0.4, 0.5) is 0 Å². The molecule has 0 heterocycles. The van der Waals surface area contributed by atoms with Gasteiger partial charge in [-0.15, -0.1) is 0 Å². The summed E-state index contributed by atoms with van der Waals surface area (Å²) < 4.78 is 4.98. The van der Waals surface area contributed by atoms with Crippen LogP contribution in [0.2, 0.25) is 0 Å². The molecule has 1 unspecified atom stereocenters. The van der Waals surface area contributed by atoms with Gasteiger partial charge in [0.25, 0.3) is 0 Å². The van der Waals surface area contributed by atoms with Crippen LogP contribution in [-0.2, 0) is 4.74 Å². The fourth-order valence-electron chi connectivity index (χ4n) is 2.48. The Hall–Kier alpha value is -0.120. The number of aliphatic hydroxyl groups excluding tert-OH is 1. The Labute approximate surface area is 99.6 Å². The summed E-state index contributed by atoms with van der Waals surface area (Å²) in [5.41, 5.74) is 0. The molecule has 0 aromatic carbocycles. The normalized spacial score (nSPS) is 19.1. The van der Waals surface area contributed by atoms with Crippen LogP contribution in [0, 0.1) is 5.92 Å². The van der Waals surface area contributed by atoms with Crippen LogP contribution in [0.5, 0.6) is 0 Å². The fraction of sp³-hybridized carbons (Fsp3) is 1.00. The highest BCUT2D eigenvalue weighted by atomic mass is 16.5.